The summed E-state index contributed by atoms with van der Waals surface area (Å²) in [5.41, 5.74) is 0. The zero-order valence-electron chi connectivity index (χ0n) is 13.2. The van der Waals surface area contributed by atoms with Crippen molar-refractivity contribution in [2.24, 2.45) is 5.92 Å². The van der Waals surface area contributed by atoms with E-state index in [2.05, 4.69) is 70.5 Å². The molecule has 0 rings (SSSR count). The molecule has 0 amide bonds. The van der Waals surface area contributed by atoms with Crippen molar-refractivity contribution in [3.63, 3.8) is 0 Å². The highest BCUT2D eigenvalue weighted by Crippen LogP contribution is 2.42. The second kappa shape index (κ2) is 8.42. The van der Waals surface area contributed by atoms with Crippen LogP contribution in [0.25, 0.3) is 0 Å². The topological polar surface area (TPSA) is 9.23 Å². The fourth-order valence-corrected chi connectivity index (χ4v) is 2.65. The summed E-state index contributed by atoms with van der Waals surface area (Å²) in [5.74, 6) is 0.577. The Labute approximate surface area is 123 Å². The van der Waals surface area contributed by atoms with Crippen molar-refractivity contribution < 1.29 is 4.65 Å². The molecule has 1 nitrogen and oxygen atoms in total. The van der Waals surface area contributed by atoms with Crippen LogP contribution in [0.15, 0.2) is 10.5 Å². The zero-order chi connectivity index (χ0) is 14.3. The van der Waals surface area contributed by atoms with Gasteiger partial charge in [-0.15, -0.1) is 0 Å². The van der Waals surface area contributed by atoms with Crippen molar-refractivity contribution in [2.45, 2.75) is 79.1 Å². The molecule has 0 N–H and O–H groups in total. The van der Waals surface area contributed by atoms with Crippen LogP contribution in [0, 0.1) is 5.92 Å². The maximum absolute atomic E-state index is 6.15. The van der Waals surface area contributed by atoms with Gasteiger partial charge in [0.05, 0.1) is 0 Å². The van der Waals surface area contributed by atoms with Crippen LogP contribution in [0.2, 0.25) is 5.31 Å². The Morgan fingerprint density at radius 2 is 1.83 bits per heavy atom. The second-order valence-corrected chi connectivity index (χ2v) is 7.19. The van der Waals surface area contributed by atoms with E-state index in [0.29, 0.717) is 5.92 Å². The van der Waals surface area contributed by atoms with E-state index in [9.17, 15) is 0 Å². The van der Waals surface area contributed by atoms with Crippen LogP contribution in [-0.2, 0) is 4.65 Å². The fourth-order valence-electron chi connectivity index (χ4n) is 1.72. The lowest BCUT2D eigenvalue weighted by molar-refractivity contribution is 0.224. The van der Waals surface area contributed by atoms with Crippen molar-refractivity contribution in [2.75, 3.05) is 0 Å². The minimum Gasteiger partial charge on any atom is -0.428 e. The van der Waals surface area contributed by atoms with Crippen LogP contribution in [0.1, 0.15) is 67.7 Å². The van der Waals surface area contributed by atoms with Crippen molar-refractivity contribution in [3.05, 3.63) is 10.5 Å². The number of rotatable bonds is 8. The molecular formula is C15H30BBrO. The van der Waals surface area contributed by atoms with E-state index in [-0.39, 0.29) is 18.3 Å². The molecule has 0 spiro atoms. The second-order valence-electron chi connectivity index (χ2n) is 6.27. The molecule has 0 bridgehead atoms. The average Bonchev–Trinajstić information content (AvgIpc) is 2.25. The molecular weight excluding hydrogens is 287 g/mol. The van der Waals surface area contributed by atoms with E-state index in [1.807, 2.05) is 0 Å². The van der Waals surface area contributed by atoms with Crippen LogP contribution in [0.4, 0.5) is 0 Å². The van der Waals surface area contributed by atoms with E-state index in [0.717, 1.165) is 6.42 Å². The van der Waals surface area contributed by atoms with Crippen molar-refractivity contribution >= 4 is 22.8 Å². The van der Waals surface area contributed by atoms with Gasteiger partial charge in [-0.25, -0.2) is 0 Å². The van der Waals surface area contributed by atoms with Gasteiger partial charge in [0.2, 0.25) is 0 Å². The maximum atomic E-state index is 6.15. The summed E-state index contributed by atoms with van der Waals surface area (Å²) in [7, 11) is 0. The average molecular weight is 317 g/mol. The highest BCUT2D eigenvalue weighted by molar-refractivity contribution is 9.12. The van der Waals surface area contributed by atoms with Crippen molar-refractivity contribution in [3.8, 4) is 0 Å². The molecule has 106 valence electrons. The molecule has 0 aliphatic heterocycles. The summed E-state index contributed by atoms with van der Waals surface area (Å²) >= 11 is 3.74. The molecule has 0 unspecified atom stereocenters. The van der Waals surface area contributed by atoms with E-state index >= 15 is 0 Å². The first kappa shape index (κ1) is 18.2. The zero-order valence-corrected chi connectivity index (χ0v) is 14.8. The van der Waals surface area contributed by atoms with Gasteiger partial charge in [0.25, 0.3) is 0 Å². The Balaban J connectivity index is 4.93. The highest BCUT2D eigenvalue weighted by atomic mass is 79.9. The number of hydrogen-bond donors (Lipinski definition) is 0. The lowest BCUT2D eigenvalue weighted by Gasteiger charge is -2.36. The Bertz CT molecular complexity index is 259. The summed E-state index contributed by atoms with van der Waals surface area (Å²) in [6, 6.07) is 0. The van der Waals surface area contributed by atoms with Crippen LogP contribution >= 0.6 is 15.9 Å². The first-order valence-electron chi connectivity index (χ1n) is 7.24. The molecule has 0 saturated heterocycles. The van der Waals surface area contributed by atoms with Gasteiger partial charge in [0.15, 0.2) is 0 Å². The van der Waals surface area contributed by atoms with Gasteiger partial charge in [0.1, 0.15) is 0 Å². The summed E-state index contributed by atoms with van der Waals surface area (Å²) in [6.07, 6.45) is 6.15. The Hall–Kier alpha value is 0.245. The van der Waals surface area contributed by atoms with Gasteiger partial charge in [-0.2, -0.15) is 0 Å². The van der Waals surface area contributed by atoms with E-state index in [4.69, 9.17) is 4.65 Å². The number of unbranched alkanes of at least 4 members (excludes halogenated alkanes) is 2. The molecule has 0 heterocycles. The normalized spacial score (nSPS) is 13.6. The largest absolute Gasteiger partial charge is 0.428 e. The predicted octanol–water partition coefficient (Wildman–Crippen LogP) is 5.85. The third-order valence-electron chi connectivity index (χ3n) is 3.72. The van der Waals surface area contributed by atoms with Crippen LogP contribution < -0.4 is 0 Å². The SMILES string of the molecule is CCCC/C=C(\Br)B(OC(C)C)C(C)(C)C(C)C. The molecule has 0 fully saturated rings. The maximum Gasteiger partial charge on any atom is 0.339 e. The van der Waals surface area contributed by atoms with Gasteiger partial charge < -0.3 is 4.65 Å². The molecule has 18 heavy (non-hydrogen) atoms. The van der Waals surface area contributed by atoms with Gasteiger partial charge in [-0.05, 0) is 35.9 Å². The Morgan fingerprint density at radius 3 is 2.22 bits per heavy atom. The number of halogens is 1. The quantitative estimate of drug-likeness (QED) is 0.403. The van der Waals surface area contributed by atoms with Gasteiger partial charge >= 0.3 is 6.92 Å². The van der Waals surface area contributed by atoms with Crippen LogP contribution in [-0.4, -0.2) is 13.0 Å². The Morgan fingerprint density at radius 1 is 1.28 bits per heavy atom. The summed E-state index contributed by atoms with van der Waals surface area (Å²) < 4.78 is 7.37. The number of hydrogen-bond acceptors (Lipinski definition) is 1. The smallest absolute Gasteiger partial charge is 0.339 e. The van der Waals surface area contributed by atoms with Crippen molar-refractivity contribution in [1.82, 2.24) is 0 Å². The monoisotopic (exact) mass is 316 g/mol. The third kappa shape index (κ3) is 5.92. The van der Waals surface area contributed by atoms with Gasteiger partial charge in [-0.3, -0.25) is 0 Å². The lowest BCUT2D eigenvalue weighted by Crippen LogP contribution is -2.38. The molecule has 0 atom stereocenters. The van der Waals surface area contributed by atoms with Crippen LogP contribution in [0.3, 0.4) is 0 Å². The molecule has 0 aromatic carbocycles. The summed E-state index contributed by atoms with van der Waals surface area (Å²) in [5, 5.41) is 0.131. The molecule has 3 heteroatoms. The summed E-state index contributed by atoms with van der Waals surface area (Å²) in [4.78, 5) is 0. The lowest BCUT2D eigenvalue weighted by atomic mass is 9.43. The molecule has 0 aliphatic rings. The molecule has 0 radical (unpaired) electrons. The van der Waals surface area contributed by atoms with Crippen LogP contribution in [0.5, 0.6) is 0 Å². The van der Waals surface area contributed by atoms with Gasteiger partial charge in [0, 0.05) is 6.10 Å². The predicted molar refractivity (Wildman–Crippen MR) is 87.4 cm³/mol. The van der Waals surface area contributed by atoms with E-state index in [1.165, 1.54) is 17.2 Å². The highest BCUT2D eigenvalue weighted by Gasteiger charge is 2.40. The Kier molecular flexibility index (Phi) is 8.54. The minimum atomic E-state index is 0.131. The first-order chi connectivity index (χ1) is 8.23. The number of allylic oxidation sites excluding steroid dienone is 1. The van der Waals surface area contributed by atoms with Crippen molar-refractivity contribution in [1.29, 1.82) is 0 Å². The molecule has 0 aromatic heterocycles. The fraction of sp³-hybridized carbons (Fsp3) is 0.867. The minimum absolute atomic E-state index is 0.131. The summed E-state index contributed by atoms with van der Waals surface area (Å²) in [6.45, 7) is 15.7. The first-order valence-corrected chi connectivity index (χ1v) is 8.03. The molecule has 0 aliphatic carbocycles. The van der Waals surface area contributed by atoms with E-state index in [1.54, 1.807) is 0 Å². The molecule has 0 saturated carbocycles. The molecule has 0 aromatic rings. The third-order valence-corrected chi connectivity index (χ3v) is 4.46. The standard InChI is InChI=1S/C15H30BBrO/c1-8-9-10-11-14(17)16(18-13(4)5)15(6,7)12(2)3/h11-13H,8-10H2,1-7H3/b14-11-. The van der Waals surface area contributed by atoms with E-state index < -0.39 is 0 Å². The van der Waals surface area contributed by atoms with Gasteiger partial charge in [-0.1, -0.05) is 69.5 Å².